The van der Waals surface area contributed by atoms with E-state index in [0.717, 1.165) is 0 Å². The summed E-state index contributed by atoms with van der Waals surface area (Å²) < 4.78 is 9.90. The lowest BCUT2D eigenvalue weighted by molar-refractivity contribution is -0.147. The summed E-state index contributed by atoms with van der Waals surface area (Å²) in [5.74, 6) is -1.85. The molecule has 0 saturated heterocycles. The maximum absolute atomic E-state index is 11.0. The molecule has 0 fully saturated rings. The number of carbonyl (C=O) groups excluding carboxylic acids is 1. The predicted molar refractivity (Wildman–Crippen MR) is 55.8 cm³/mol. The highest BCUT2D eigenvalue weighted by molar-refractivity contribution is 6.36. The molecule has 6 nitrogen and oxygen atoms in total. The summed E-state index contributed by atoms with van der Waals surface area (Å²) in [6.45, 7) is 0. The van der Waals surface area contributed by atoms with E-state index in [4.69, 9.17) is 14.6 Å². The number of nitrogens with one attached hydrogen (secondary N) is 1. The fourth-order valence-corrected chi connectivity index (χ4v) is 1.09. The van der Waals surface area contributed by atoms with Gasteiger partial charge < -0.3 is 19.9 Å². The summed E-state index contributed by atoms with van der Waals surface area (Å²) in [4.78, 5) is 21.3. The van der Waals surface area contributed by atoms with Crippen molar-refractivity contribution in [3.8, 4) is 11.5 Å². The molecule has 1 rings (SSSR count). The van der Waals surface area contributed by atoms with Crippen LogP contribution in [0, 0.1) is 0 Å². The SMILES string of the molecule is COc1ccc(OC)c(NC(=O)C(=O)O)c1. The third-order valence-corrected chi connectivity index (χ3v) is 1.85. The standard InChI is InChI=1S/C10H11NO5/c1-15-6-3-4-8(16-2)7(5-6)11-9(12)10(13)14/h3-5H,1-2H3,(H,11,12)(H,13,14). The number of anilines is 1. The average Bonchev–Trinajstić information content (AvgIpc) is 2.28. The van der Waals surface area contributed by atoms with Crippen LogP contribution >= 0.6 is 0 Å². The van der Waals surface area contributed by atoms with Crippen LogP contribution in [0.2, 0.25) is 0 Å². The lowest BCUT2D eigenvalue weighted by Crippen LogP contribution is -2.22. The van der Waals surface area contributed by atoms with Crippen molar-refractivity contribution in [1.29, 1.82) is 0 Å². The minimum atomic E-state index is -1.56. The number of amides is 1. The van der Waals surface area contributed by atoms with Gasteiger partial charge in [-0.15, -0.1) is 0 Å². The Hall–Kier alpha value is -2.24. The third kappa shape index (κ3) is 2.63. The van der Waals surface area contributed by atoms with Gasteiger partial charge >= 0.3 is 11.9 Å². The molecule has 0 saturated carbocycles. The molecular formula is C10H11NO5. The Morgan fingerprint density at radius 3 is 2.44 bits per heavy atom. The molecule has 0 aliphatic carbocycles. The number of benzene rings is 1. The van der Waals surface area contributed by atoms with Crippen LogP contribution in [0.25, 0.3) is 0 Å². The van der Waals surface area contributed by atoms with Gasteiger partial charge in [0.05, 0.1) is 19.9 Å². The van der Waals surface area contributed by atoms with Gasteiger partial charge in [0.1, 0.15) is 11.5 Å². The molecule has 0 heterocycles. The number of rotatable bonds is 3. The Balaban J connectivity index is 3.00. The molecule has 0 aliphatic rings. The molecular weight excluding hydrogens is 214 g/mol. The van der Waals surface area contributed by atoms with E-state index in [0.29, 0.717) is 11.5 Å². The molecule has 0 aliphatic heterocycles. The van der Waals surface area contributed by atoms with Gasteiger partial charge in [-0.2, -0.15) is 0 Å². The number of carboxylic acid groups (broad SMARTS) is 1. The molecule has 16 heavy (non-hydrogen) atoms. The second kappa shape index (κ2) is 5.01. The second-order valence-corrected chi connectivity index (χ2v) is 2.83. The highest BCUT2D eigenvalue weighted by Crippen LogP contribution is 2.28. The Labute approximate surface area is 91.8 Å². The zero-order valence-electron chi connectivity index (χ0n) is 8.81. The first-order valence-corrected chi connectivity index (χ1v) is 4.34. The first-order valence-electron chi connectivity index (χ1n) is 4.34. The summed E-state index contributed by atoms with van der Waals surface area (Å²) in [5.41, 5.74) is 0.245. The molecule has 1 aromatic carbocycles. The monoisotopic (exact) mass is 225 g/mol. The van der Waals surface area contributed by atoms with Crippen LogP contribution in [0.4, 0.5) is 5.69 Å². The lowest BCUT2D eigenvalue weighted by Gasteiger charge is -2.10. The first-order chi connectivity index (χ1) is 7.58. The smallest absolute Gasteiger partial charge is 0.394 e. The minimum Gasteiger partial charge on any atom is -0.497 e. The number of aliphatic carboxylic acids is 1. The van der Waals surface area contributed by atoms with Crippen LogP contribution in [0.5, 0.6) is 11.5 Å². The van der Waals surface area contributed by atoms with Crippen molar-refractivity contribution < 1.29 is 24.2 Å². The van der Waals surface area contributed by atoms with Crippen LogP contribution in [0.15, 0.2) is 18.2 Å². The van der Waals surface area contributed by atoms with E-state index in [-0.39, 0.29) is 5.69 Å². The number of carboxylic acids is 1. The molecule has 0 atom stereocenters. The molecule has 86 valence electrons. The van der Waals surface area contributed by atoms with Crippen molar-refractivity contribution in [2.45, 2.75) is 0 Å². The van der Waals surface area contributed by atoms with E-state index in [9.17, 15) is 9.59 Å². The summed E-state index contributed by atoms with van der Waals surface area (Å²) >= 11 is 0. The number of methoxy groups -OCH3 is 2. The van der Waals surface area contributed by atoms with E-state index in [1.165, 1.54) is 20.3 Å². The van der Waals surface area contributed by atoms with Crippen molar-refractivity contribution in [3.63, 3.8) is 0 Å². The van der Waals surface area contributed by atoms with Gasteiger partial charge in [-0.05, 0) is 12.1 Å². The molecule has 0 radical (unpaired) electrons. The largest absolute Gasteiger partial charge is 0.497 e. The molecule has 6 heteroatoms. The van der Waals surface area contributed by atoms with Gasteiger partial charge in [0, 0.05) is 6.07 Å². The fourth-order valence-electron chi connectivity index (χ4n) is 1.09. The van der Waals surface area contributed by atoms with Crippen LogP contribution in [0.3, 0.4) is 0 Å². The van der Waals surface area contributed by atoms with Gasteiger partial charge in [-0.25, -0.2) is 4.79 Å². The molecule has 0 bridgehead atoms. The third-order valence-electron chi connectivity index (χ3n) is 1.85. The maximum atomic E-state index is 11.0. The van der Waals surface area contributed by atoms with Gasteiger partial charge in [-0.1, -0.05) is 0 Å². The van der Waals surface area contributed by atoms with Gasteiger partial charge in [-0.3, -0.25) is 4.79 Å². The predicted octanol–water partition coefficient (Wildman–Crippen LogP) is 0.727. The first kappa shape index (κ1) is 11.8. The van der Waals surface area contributed by atoms with Gasteiger partial charge in [0.25, 0.3) is 0 Å². The van der Waals surface area contributed by atoms with Crippen LogP contribution < -0.4 is 14.8 Å². The zero-order valence-corrected chi connectivity index (χ0v) is 8.81. The topological polar surface area (TPSA) is 84.9 Å². The summed E-state index contributed by atoms with van der Waals surface area (Å²) in [6.07, 6.45) is 0. The fraction of sp³-hybridized carbons (Fsp3) is 0.200. The molecule has 0 aromatic heterocycles. The Morgan fingerprint density at radius 1 is 1.25 bits per heavy atom. The average molecular weight is 225 g/mol. The van der Waals surface area contributed by atoms with Crippen LogP contribution in [-0.4, -0.2) is 31.2 Å². The minimum absolute atomic E-state index is 0.245. The molecule has 1 aromatic rings. The van der Waals surface area contributed by atoms with Crippen molar-refractivity contribution in [2.75, 3.05) is 19.5 Å². The van der Waals surface area contributed by atoms with Gasteiger partial charge in [0.15, 0.2) is 0 Å². The Kier molecular flexibility index (Phi) is 3.71. The van der Waals surface area contributed by atoms with E-state index in [1.54, 1.807) is 12.1 Å². The van der Waals surface area contributed by atoms with Crippen molar-refractivity contribution in [2.24, 2.45) is 0 Å². The number of hydrogen-bond donors (Lipinski definition) is 2. The van der Waals surface area contributed by atoms with E-state index in [1.807, 2.05) is 0 Å². The number of ether oxygens (including phenoxy) is 2. The van der Waals surface area contributed by atoms with E-state index < -0.39 is 11.9 Å². The highest BCUT2D eigenvalue weighted by Gasteiger charge is 2.14. The summed E-state index contributed by atoms with van der Waals surface area (Å²) in [7, 11) is 2.88. The quantitative estimate of drug-likeness (QED) is 0.740. The molecule has 1 amide bonds. The normalized spacial score (nSPS) is 9.38. The van der Waals surface area contributed by atoms with Crippen molar-refractivity contribution in [3.05, 3.63) is 18.2 Å². The molecule has 0 spiro atoms. The zero-order chi connectivity index (χ0) is 12.1. The number of carbonyl (C=O) groups is 2. The van der Waals surface area contributed by atoms with Gasteiger partial charge in [0.2, 0.25) is 0 Å². The second-order valence-electron chi connectivity index (χ2n) is 2.83. The van der Waals surface area contributed by atoms with Crippen molar-refractivity contribution in [1.82, 2.24) is 0 Å². The Bertz CT molecular complexity index is 416. The van der Waals surface area contributed by atoms with Crippen LogP contribution in [-0.2, 0) is 9.59 Å². The highest BCUT2D eigenvalue weighted by atomic mass is 16.5. The molecule has 0 unspecified atom stereocenters. The van der Waals surface area contributed by atoms with E-state index >= 15 is 0 Å². The Morgan fingerprint density at radius 2 is 1.94 bits per heavy atom. The van der Waals surface area contributed by atoms with Crippen LogP contribution in [0.1, 0.15) is 0 Å². The lowest BCUT2D eigenvalue weighted by atomic mass is 10.2. The van der Waals surface area contributed by atoms with E-state index in [2.05, 4.69) is 5.32 Å². The van der Waals surface area contributed by atoms with Crippen molar-refractivity contribution >= 4 is 17.6 Å². The number of hydrogen-bond acceptors (Lipinski definition) is 4. The summed E-state index contributed by atoms with van der Waals surface area (Å²) in [6, 6.07) is 4.67. The maximum Gasteiger partial charge on any atom is 0.394 e. The molecule has 2 N–H and O–H groups in total. The summed E-state index contributed by atoms with van der Waals surface area (Å²) in [5, 5.41) is 10.6.